The standard InChI is InChI=1S/C26H23N3O2/c1-18(2)19-11-13-20(14-12-19)25-17-23(22-9-3-4-10-24(22)28-25)26(30)29-27-15-5-7-21-8-6-16-31-21/h3-18H,1-2H3,(H,29,30)/b7-5+,27-15+. The minimum Gasteiger partial charge on any atom is -0.465 e. The first-order valence-corrected chi connectivity index (χ1v) is 10.2. The van der Waals surface area contributed by atoms with Gasteiger partial charge in [-0.05, 0) is 47.9 Å². The van der Waals surface area contributed by atoms with Gasteiger partial charge in [0.15, 0.2) is 0 Å². The van der Waals surface area contributed by atoms with Crippen molar-refractivity contribution in [3.05, 3.63) is 96.0 Å². The Labute approximate surface area is 181 Å². The van der Waals surface area contributed by atoms with Crippen LogP contribution in [0.5, 0.6) is 0 Å². The Balaban J connectivity index is 1.60. The van der Waals surface area contributed by atoms with E-state index in [1.54, 1.807) is 24.5 Å². The zero-order valence-corrected chi connectivity index (χ0v) is 17.4. The van der Waals surface area contributed by atoms with Crippen LogP contribution in [0.25, 0.3) is 28.2 Å². The average molecular weight is 409 g/mol. The summed E-state index contributed by atoms with van der Waals surface area (Å²) >= 11 is 0. The molecule has 1 amide bonds. The second-order valence-electron chi connectivity index (χ2n) is 7.44. The van der Waals surface area contributed by atoms with Crippen LogP contribution in [-0.2, 0) is 0 Å². The van der Waals surface area contributed by atoms with E-state index in [0.717, 1.165) is 22.2 Å². The van der Waals surface area contributed by atoms with Crippen molar-refractivity contribution in [2.45, 2.75) is 19.8 Å². The second kappa shape index (κ2) is 9.22. The molecule has 0 saturated carbocycles. The number of hydrazone groups is 1. The van der Waals surface area contributed by atoms with E-state index < -0.39 is 0 Å². The lowest BCUT2D eigenvalue weighted by molar-refractivity contribution is 0.0956. The minimum atomic E-state index is -0.290. The number of aromatic nitrogens is 1. The Hall–Kier alpha value is -3.99. The van der Waals surface area contributed by atoms with Gasteiger partial charge in [0.25, 0.3) is 5.91 Å². The zero-order chi connectivity index (χ0) is 21.6. The number of nitrogens with one attached hydrogen (secondary N) is 1. The summed E-state index contributed by atoms with van der Waals surface area (Å²) in [6.45, 7) is 4.33. The molecular weight excluding hydrogens is 386 g/mol. The molecule has 4 rings (SSSR count). The minimum absolute atomic E-state index is 0.290. The van der Waals surface area contributed by atoms with Crippen molar-refractivity contribution in [3.63, 3.8) is 0 Å². The van der Waals surface area contributed by atoms with E-state index in [1.165, 1.54) is 11.8 Å². The number of rotatable bonds is 6. The Bertz CT molecular complexity index is 1240. The van der Waals surface area contributed by atoms with Gasteiger partial charge in [0.1, 0.15) is 5.76 Å². The molecule has 0 radical (unpaired) electrons. The van der Waals surface area contributed by atoms with Gasteiger partial charge in [-0.3, -0.25) is 4.79 Å². The summed E-state index contributed by atoms with van der Waals surface area (Å²) in [5.74, 6) is 0.881. The normalized spacial score (nSPS) is 11.7. The fourth-order valence-corrected chi connectivity index (χ4v) is 3.27. The molecule has 0 atom stereocenters. The predicted molar refractivity (Wildman–Crippen MR) is 125 cm³/mol. The highest BCUT2D eigenvalue weighted by Crippen LogP contribution is 2.26. The Morgan fingerprint density at radius 2 is 1.87 bits per heavy atom. The first-order chi connectivity index (χ1) is 15.1. The van der Waals surface area contributed by atoms with Crippen molar-refractivity contribution in [1.29, 1.82) is 0 Å². The smallest absolute Gasteiger partial charge is 0.272 e. The molecule has 0 fully saturated rings. The van der Waals surface area contributed by atoms with Crippen molar-refractivity contribution in [2.75, 3.05) is 0 Å². The van der Waals surface area contributed by atoms with Crippen LogP contribution in [0.3, 0.4) is 0 Å². The van der Waals surface area contributed by atoms with Crippen molar-refractivity contribution in [2.24, 2.45) is 5.10 Å². The Morgan fingerprint density at radius 3 is 2.61 bits per heavy atom. The summed E-state index contributed by atoms with van der Waals surface area (Å²) in [7, 11) is 0. The van der Waals surface area contributed by atoms with Crippen LogP contribution in [-0.4, -0.2) is 17.1 Å². The molecule has 0 aliphatic carbocycles. The fourth-order valence-electron chi connectivity index (χ4n) is 3.27. The molecular formula is C26H23N3O2. The van der Waals surface area contributed by atoms with E-state index in [2.05, 4.69) is 36.5 Å². The van der Waals surface area contributed by atoms with Crippen LogP contribution >= 0.6 is 0 Å². The van der Waals surface area contributed by atoms with Crippen molar-refractivity contribution in [1.82, 2.24) is 10.4 Å². The lowest BCUT2D eigenvalue weighted by Crippen LogP contribution is -2.18. The van der Waals surface area contributed by atoms with Crippen molar-refractivity contribution < 1.29 is 9.21 Å². The highest BCUT2D eigenvalue weighted by molar-refractivity contribution is 6.07. The molecule has 0 unspecified atom stereocenters. The third kappa shape index (κ3) is 4.78. The molecule has 4 aromatic rings. The highest BCUT2D eigenvalue weighted by atomic mass is 16.3. The number of hydrogen-bond acceptors (Lipinski definition) is 4. The quantitative estimate of drug-likeness (QED) is 0.311. The lowest BCUT2D eigenvalue weighted by Gasteiger charge is -2.10. The number of pyridine rings is 1. The fraction of sp³-hybridized carbons (Fsp3) is 0.115. The molecule has 2 aromatic carbocycles. The number of para-hydroxylation sites is 1. The molecule has 31 heavy (non-hydrogen) atoms. The number of carbonyl (C=O) groups excluding carboxylic acids is 1. The van der Waals surface area contributed by atoms with Gasteiger partial charge in [-0.1, -0.05) is 56.3 Å². The summed E-state index contributed by atoms with van der Waals surface area (Å²) in [5, 5.41) is 4.80. The largest absolute Gasteiger partial charge is 0.465 e. The van der Waals surface area contributed by atoms with Crippen LogP contribution in [0.15, 0.2) is 88.6 Å². The lowest BCUT2D eigenvalue weighted by atomic mass is 9.99. The number of amides is 1. The molecule has 0 aliphatic heterocycles. The van der Waals surface area contributed by atoms with Crippen LogP contribution < -0.4 is 5.43 Å². The molecule has 0 aliphatic rings. The third-order valence-corrected chi connectivity index (χ3v) is 4.96. The van der Waals surface area contributed by atoms with Crippen LogP contribution in [0, 0.1) is 0 Å². The number of furan rings is 1. The third-order valence-electron chi connectivity index (χ3n) is 4.96. The molecule has 1 N–H and O–H groups in total. The Kier molecular flexibility index (Phi) is 6.03. The van der Waals surface area contributed by atoms with Gasteiger partial charge in [0.05, 0.1) is 23.0 Å². The van der Waals surface area contributed by atoms with E-state index >= 15 is 0 Å². The van der Waals surface area contributed by atoms with Crippen LogP contribution in [0.4, 0.5) is 0 Å². The molecule has 2 aromatic heterocycles. The van der Waals surface area contributed by atoms with Gasteiger partial charge in [-0.2, -0.15) is 5.10 Å². The monoisotopic (exact) mass is 409 g/mol. The van der Waals surface area contributed by atoms with Gasteiger partial charge in [-0.25, -0.2) is 10.4 Å². The number of carbonyl (C=O) groups is 1. The predicted octanol–water partition coefficient (Wildman–Crippen LogP) is 6.05. The summed E-state index contributed by atoms with van der Waals surface area (Å²) in [6.07, 6.45) is 6.57. The Morgan fingerprint density at radius 1 is 1.06 bits per heavy atom. The average Bonchev–Trinajstić information content (AvgIpc) is 3.31. The maximum Gasteiger partial charge on any atom is 0.272 e. The molecule has 0 bridgehead atoms. The first kappa shape index (κ1) is 20.3. The number of benzene rings is 2. The van der Waals surface area contributed by atoms with E-state index in [9.17, 15) is 4.79 Å². The summed E-state index contributed by atoms with van der Waals surface area (Å²) in [4.78, 5) is 17.6. The van der Waals surface area contributed by atoms with E-state index in [4.69, 9.17) is 9.40 Å². The van der Waals surface area contributed by atoms with E-state index in [-0.39, 0.29) is 5.91 Å². The van der Waals surface area contributed by atoms with Crippen molar-refractivity contribution in [3.8, 4) is 11.3 Å². The van der Waals surface area contributed by atoms with Gasteiger partial charge in [-0.15, -0.1) is 0 Å². The van der Waals surface area contributed by atoms with Crippen LogP contribution in [0.2, 0.25) is 0 Å². The maximum absolute atomic E-state index is 12.9. The summed E-state index contributed by atoms with van der Waals surface area (Å²) < 4.78 is 5.21. The second-order valence-corrected chi connectivity index (χ2v) is 7.44. The molecule has 5 nitrogen and oxygen atoms in total. The van der Waals surface area contributed by atoms with Gasteiger partial charge in [0, 0.05) is 17.2 Å². The molecule has 2 heterocycles. The van der Waals surface area contributed by atoms with Gasteiger partial charge >= 0.3 is 0 Å². The molecule has 5 heteroatoms. The van der Waals surface area contributed by atoms with Gasteiger partial charge in [0.2, 0.25) is 0 Å². The maximum atomic E-state index is 12.9. The first-order valence-electron chi connectivity index (χ1n) is 10.2. The SMILES string of the molecule is CC(C)c1ccc(-c2cc(C(=O)N/N=C/C=C/c3ccco3)c3ccccc3n2)cc1. The molecule has 0 spiro atoms. The van der Waals surface area contributed by atoms with E-state index in [0.29, 0.717) is 17.2 Å². The zero-order valence-electron chi connectivity index (χ0n) is 17.4. The summed E-state index contributed by atoms with van der Waals surface area (Å²) in [5.41, 5.74) is 6.87. The number of hydrogen-bond donors (Lipinski definition) is 1. The molecule has 154 valence electrons. The number of nitrogens with zero attached hydrogens (tertiary/aromatic N) is 2. The van der Waals surface area contributed by atoms with Crippen molar-refractivity contribution >= 4 is 29.1 Å². The van der Waals surface area contributed by atoms with E-state index in [1.807, 2.05) is 48.5 Å². The van der Waals surface area contributed by atoms with Gasteiger partial charge < -0.3 is 4.42 Å². The topological polar surface area (TPSA) is 67.5 Å². The van der Waals surface area contributed by atoms with Crippen LogP contribution in [0.1, 0.15) is 41.4 Å². The number of allylic oxidation sites excluding steroid dienone is 1. The highest BCUT2D eigenvalue weighted by Gasteiger charge is 2.13. The number of fused-ring (bicyclic) bond motifs is 1. The summed E-state index contributed by atoms with van der Waals surface area (Å²) in [6, 6.07) is 21.4. The molecule has 0 saturated heterocycles.